The molecule has 0 spiro atoms. The summed E-state index contributed by atoms with van der Waals surface area (Å²) in [4.78, 5) is 11.4. The fraction of sp³-hybridized carbons (Fsp3) is 0.769. The van der Waals surface area contributed by atoms with Gasteiger partial charge in [-0.25, -0.2) is 4.79 Å². The summed E-state index contributed by atoms with van der Waals surface area (Å²) in [5, 5.41) is 0. The second-order valence-corrected chi connectivity index (χ2v) is 4.77. The predicted molar refractivity (Wildman–Crippen MR) is 59.4 cm³/mol. The van der Waals surface area contributed by atoms with E-state index in [0.717, 1.165) is 18.4 Å². The minimum atomic E-state index is -0.149. The molecule has 2 nitrogen and oxygen atoms in total. The van der Waals surface area contributed by atoms with Crippen LogP contribution in [0.1, 0.15) is 51.4 Å². The Labute approximate surface area is 91.7 Å². The van der Waals surface area contributed by atoms with Gasteiger partial charge in [0.05, 0.1) is 0 Å². The predicted octanol–water partition coefficient (Wildman–Crippen LogP) is 3.22. The van der Waals surface area contributed by atoms with Crippen molar-refractivity contribution in [2.24, 2.45) is 5.92 Å². The molecule has 0 amide bonds. The summed E-state index contributed by atoms with van der Waals surface area (Å²) < 4.78 is 5.37. The van der Waals surface area contributed by atoms with E-state index in [0.29, 0.717) is 5.92 Å². The second kappa shape index (κ2) is 4.82. The van der Waals surface area contributed by atoms with E-state index in [1.165, 1.54) is 38.5 Å². The lowest BCUT2D eigenvalue weighted by Crippen LogP contribution is -2.17. The normalized spacial score (nSPS) is 33.3. The van der Waals surface area contributed by atoms with Crippen molar-refractivity contribution in [2.75, 3.05) is 0 Å². The van der Waals surface area contributed by atoms with Gasteiger partial charge in [0.1, 0.15) is 6.10 Å². The minimum Gasteiger partial charge on any atom is -0.458 e. The molecule has 84 valence electrons. The minimum absolute atomic E-state index is 0.142. The van der Waals surface area contributed by atoms with Gasteiger partial charge in [-0.3, -0.25) is 0 Å². The van der Waals surface area contributed by atoms with Crippen molar-refractivity contribution in [1.29, 1.82) is 0 Å². The summed E-state index contributed by atoms with van der Waals surface area (Å²) >= 11 is 0. The highest BCUT2D eigenvalue weighted by Crippen LogP contribution is 2.34. The maximum absolute atomic E-state index is 11.4. The summed E-state index contributed by atoms with van der Waals surface area (Å²) in [7, 11) is 0. The molecule has 1 aliphatic heterocycles. The van der Waals surface area contributed by atoms with Crippen LogP contribution in [0.4, 0.5) is 0 Å². The molecule has 2 fully saturated rings. The van der Waals surface area contributed by atoms with E-state index < -0.39 is 0 Å². The van der Waals surface area contributed by atoms with E-state index in [1.54, 1.807) is 0 Å². The Hall–Kier alpha value is -0.790. The molecule has 1 saturated carbocycles. The number of carbonyl (C=O) groups is 1. The molecule has 2 aliphatic rings. The van der Waals surface area contributed by atoms with Gasteiger partial charge >= 0.3 is 5.97 Å². The Morgan fingerprint density at radius 2 is 1.60 bits per heavy atom. The second-order valence-electron chi connectivity index (χ2n) is 4.77. The summed E-state index contributed by atoms with van der Waals surface area (Å²) in [6, 6.07) is 0. The Morgan fingerprint density at radius 1 is 1.00 bits per heavy atom. The zero-order valence-electron chi connectivity index (χ0n) is 9.34. The van der Waals surface area contributed by atoms with Crippen LogP contribution in [0.15, 0.2) is 12.2 Å². The van der Waals surface area contributed by atoms with Crippen LogP contribution in [-0.4, -0.2) is 12.1 Å². The van der Waals surface area contributed by atoms with Crippen molar-refractivity contribution in [1.82, 2.24) is 0 Å². The first-order valence-corrected chi connectivity index (χ1v) is 6.19. The van der Waals surface area contributed by atoms with Crippen LogP contribution in [0, 0.1) is 5.92 Å². The fourth-order valence-electron chi connectivity index (χ4n) is 2.71. The molecule has 2 unspecified atom stereocenters. The first kappa shape index (κ1) is 10.7. The van der Waals surface area contributed by atoms with E-state index in [-0.39, 0.29) is 12.1 Å². The van der Waals surface area contributed by atoms with Crippen LogP contribution in [-0.2, 0) is 9.53 Å². The van der Waals surface area contributed by atoms with Crippen LogP contribution in [0.25, 0.3) is 0 Å². The largest absolute Gasteiger partial charge is 0.458 e. The highest BCUT2D eigenvalue weighted by Gasteiger charge is 2.37. The van der Waals surface area contributed by atoms with Crippen molar-refractivity contribution < 1.29 is 9.53 Å². The van der Waals surface area contributed by atoms with Crippen molar-refractivity contribution >= 4 is 5.97 Å². The van der Waals surface area contributed by atoms with Crippen molar-refractivity contribution in [2.45, 2.75) is 57.5 Å². The van der Waals surface area contributed by atoms with Crippen LogP contribution in [0.3, 0.4) is 0 Å². The van der Waals surface area contributed by atoms with Gasteiger partial charge in [0.25, 0.3) is 0 Å². The number of ether oxygens (including phenoxy) is 1. The first-order chi connectivity index (χ1) is 7.29. The monoisotopic (exact) mass is 208 g/mol. The molecule has 1 aliphatic carbocycles. The molecule has 2 atom stereocenters. The van der Waals surface area contributed by atoms with Crippen molar-refractivity contribution in [3.8, 4) is 0 Å². The lowest BCUT2D eigenvalue weighted by Gasteiger charge is -2.18. The molecule has 0 radical (unpaired) electrons. The average Bonchev–Trinajstić information content (AvgIpc) is 2.51. The van der Waals surface area contributed by atoms with Gasteiger partial charge in [-0.15, -0.1) is 0 Å². The van der Waals surface area contributed by atoms with E-state index >= 15 is 0 Å². The number of carbonyl (C=O) groups excluding carboxylic acids is 1. The van der Waals surface area contributed by atoms with Crippen molar-refractivity contribution in [3.05, 3.63) is 12.2 Å². The molecular formula is C13H20O2. The van der Waals surface area contributed by atoms with Gasteiger partial charge in [0, 0.05) is 11.5 Å². The number of rotatable bonds is 0. The van der Waals surface area contributed by atoms with Crippen LogP contribution >= 0.6 is 0 Å². The third-order valence-electron chi connectivity index (χ3n) is 3.67. The maximum Gasteiger partial charge on any atom is 0.334 e. The standard InChI is InChI=1S/C13H20O2/c1-10-11-8-6-4-2-3-5-7-9-12(11)15-13(10)14/h11-12H,1-9H2. The number of hydrogen-bond donors (Lipinski definition) is 0. The maximum atomic E-state index is 11.4. The molecule has 2 rings (SSSR count). The molecule has 0 aromatic rings. The zero-order valence-corrected chi connectivity index (χ0v) is 9.34. The highest BCUT2D eigenvalue weighted by atomic mass is 16.6. The summed E-state index contributed by atoms with van der Waals surface area (Å²) in [6.45, 7) is 3.87. The fourth-order valence-corrected chi connectivity index (χ4v) is 2.71. The van der Waals surface area contributed by atoms with E-state index in [1.807, 2.05) is 0 Å². The summed E-state index contributed by atoms with van der Waals surface area (Å²) in [5.74, 6) is 0.167. The van der Waals surface area contributed by atoms with E-state index in [9.17, 15) is 4.79 Å². The van der Waals surface area contributed by atoms with Crippen molar-refractivity contribution in [3.63, 3.8) is 0 Å². The topological polar surface area (TPSA) is 26.3 Å². The van der Waals surface area contributed by atoms with Crippen LogP contribution in [0.5, 0.6) is 0 Å². The lowest BCUT2D eigenvalue weighted by molar-refractivity contribution is -0.139. The number of fused-ring (bicyclic) bond motifs is 1. The molecule has 0 aromatic carbocycles. The van der Waals surface area contributed by atoms with E-state index in [2.05, 4.69) is 6.58 Å². The van der Waals surface area contributed by atoms with E-state index in [4.69, 9.17) is 4.74 Å². The van der Waals surface area contributed by atoms with Gasteiger partial charge < -0.3 is 4.74 Å². The Kier molecular flexibility index (Phi) is 3.45. The van der Waals surface area contributed by atoms with Gasteiger partial charge in [0.15, 0.2) is 0 Å². The number of esters is 1. The van der Waals surface area contributed by atoms with Gasteiger partial charge in [-0.05, 0) is 19.3 Å². The van der Waals surface area contributed by atoms with Gasteiger partial charge in [0.2, 0.25) is 0 Å². The third kappa shape index (κ3) is 2.42. The van der Waals surface area contributed by atoms with Gasteiger partial charge in [-0.1, -0.05) is 38.7 Å². The summed E-state index contributed by atoms with van der Waals surface area (Å²) in [5.41, 5.74) is 0.723. The SMILES string of the molecule is C=C1C(=O)OC2CCCCCCCCC12. The Bertz CT molecular complexity index is 257. The molecule has 1 heterocycles. The first-order valence-electron chi connectivity index (χ1n) is 6.19. The van der Waals surface area contributed by atoms with Crippen LogP contribution < -0.4 is 0 Å². The molecular weight excluding hydrogens is 188 g/mol. The third-order valence-corrected chi connectivity index (χ3v) is 3.67. The highest BCUT2D eigenvalue weighted by molar-refractivity contribution is 5.90. The molecule has 0 bridgehead atoms. The van der Waals surface area contributed by atoms with Crippen LogP contribution in [0.2, 0.25) is 0 Å². The molecule has 15 heavy (non-hydrogen) atoms. The molecule has 0 aromatic heterocycles. The molecule has 0 N–H and O–H groups in total. The van der Waals surface area contributed by atoms with Gasteiger partial charge in [-0.2, -0.15) is 0 Å². The smallest absolute Gasteiger partial charge is 0.334 e. The Morgan fingerprint density at radius 3 is 2.33 bits per heavy atom. The average molecular weight is 208 g/mol. The summed E-state index contributed by atoms with van der Waals surface area (Å²) in [6.07, 6.45) is 9.95. The Balaban J connectivity index is 2.00. The quantitative estimate of drug-likeness (QED) is 0.451. The zero-order chi connectivity index (χ0) is 10.7. The lowest BCUT2D eigenvalue weighted by atomic mass is 9.87. The number of hydrogen-bond acceptors (Lipinski definition) is 2. The molecule has 1 saturated heterocycles. The molecule has 2 heteroatoms.